The fourth-order valence-corrected chi connectivity index (χ4v) is 1.99. The van der Waals surface area contributed by atoms with Crippen LogP contribution in [0, 0.1) is 0 Å². The third-order valence-corrected chi connectivity index (χ3v) is 3.25. The molecule has 19 heavy (non-hydrogen) atoms. The van der Waals surface area contributed by atoms with Crippen LogP contribution in [-0.4, -0.2) is 37.1 Å². The van der Waals surface area contributed by atoms with Crippen molar-refractivity contribution in [3.63, 3.8) is 0 Å². The topological polar surface area (TPSA) is 64.4 Å². The van der Waals surface area contributed by atoms with Crippen LogP contribution in [0.3, 0.4) is 0 Å². The van der Waals surface area contributed by atoms with E-state index in [1.54, 1.807) is 11.8 Å². The van der Waals surface area contributed by atoms with Crippen molar-refractivity contribution in [3.05, 3.63) is 30.3 Å². The molecule has 0 saturated carbocycles. The summed E-state index contributed by atoms with van der Waals surface area (Å²) in [5, 5.41) is 2.82. The van der Waals surface area contributed by atoms with Crippen molar-refractivity contribution >= 4 is 17.7 Å². The van der Waals surface area contributed by atoms with Crippen molar-refractivity contribution in [2.75, 3.05) is 25.2 Å². The summed E-state index contributed by atoms with van der Waals surface area (Å²) in [6.45, 7) is 1.18. The second-order valence-electron chi connectivity index (χ2n) is 4.19. The Hall–Kier alpha value is -1.20. The van der Waals surface area contributed by atoms with E-state index in [1.165, 1.54) is 0 Å². The van der Waals surface area contributed by atoms with Gasteiger partial charge in [-0.1, -0.05) is 18.2 Å². The lowest BCUT2D eigenvalue weighted by molar-refractivity contribution is -0.122. The highest BCUT2D eigenvalue weighted by atomic mass is 32.2. The highest BCUT2D eigenvalue weighted by Gasteiger charge is 2.11. The number of carbonyl (C=O) groups excluding carboxylic acids is 1. The maximum atomic E-state index is 11.6. The Morgan fingerprint density at radius 1 is 1.42 bits per heavy atom. The summed E-state index contributed by atoms with van der Waals surface area (Å²) in [4.78, 5) is 11.6. The minimum Gasteiger partial charge on any atom is -0.494 e. The molecule has 0 bridgehead atoms. The number of hydrogen-bond acceptors (Lipinski definition) is 4. The zero-order valence-electron chi connectivity index (χ0n) is 11.3. The maximum Gasteiger partial charge on any atom is 0.236 e. The van der Waals surface area contributed by atoms with Gasteiger partial charge in [-0.3, -0.25) is 4.79 Å². The van der Waals surface area contributed by atoms with Crippen molar-refractivity contribution in [2.45, 2.75) is 18.9 Å². The van der Waals surface area contributed by atoms with Crippen molar-refractivity contribution in [1.29, 1.82) is 0 Å². The Labute approximate surface area is 119 Å². The average molecular weight is 282 g/mol. The molecule has 1 rings (SSSR count). The summed E-state index contributed by atoms with van der Waals surface area (Å²) in [5.74, 6) is 1.69. The Bertz CT molecular complexity index is 360. The van der Waals surface area contributed by atoms with Crippen LogP contribution in [0.2, 0.25) is 0 Å². The molecule has 0 radical (unpaired) electrons. The Kier molecular flexibility index (Phi) is 8.09. The summed E-state index contributed by atoms with van der Waals surface area (Å²) < 4.78 is 5.53. The van der Waals surface area contributed by atoms with Crippen LogP contribution in [0.5, 0.6) is 5.75 Å². The molecule has 1 atom stereocenters. The van der Waals surface area contributed by atoms with Gasteiger partial charge in [0.1, 0.15) is 5.75 Å². The molecule has 3 N–H and O–H groups in total. The van der Waals surface area contributed by atoms with Gasteiger partial charge in [0.2, 0.25) is 5.91 Å². The molecule has 5 heteroatoms. The molecule has 0 heterocycles. The monoisotopic (exact) mass is 282 g/mol. The van der Waals surface area contributed by atoms with E-state index in [4.69, 9.17) is 10.5 Å². The van der Waals surface area contributed by atoms with Gasteiger partial charge in [-0.25, -0.2) is 0 Å². The minimum atomic E-state index is -0.400. The number of nitrogens with one attached hydrogen (secondary N) is 1. The van der Waals surface area contributed by atoms with Gasteiger partial charge in [-0.2, -0.15) is 11.8 Å². The van der Waals surface area contributed by atoms with Crippen LogP contribution in [-0.2, 0) is 4.79 Å². The van der Waals surface area contributed by atoms with Crippen LogP contribution >= 0.6 is 11.8 Å². The number of amides is 1. The lowest BCUT2D eigenvalue weighted by Crippen LogP contribution is -2.41. The minimum absolute atomic E-state index is 0.0752. The molecule has 1 aromatic rings. The van der Waals surface area contributed by atoms with Crippen LogP contribution in [0.4, 0.5) is 0 Å². The number of nitrogens with two attached hydrogens (primary N) is 1. The van der Waals surface area contributed by atoms with E-state index < -0.39 is 6.04 Å². The Morgan fingerprint density at radius 3 is 2.84 bits per heavy atom. The summed E-state index contributed by atoms with van der Waals surface area (Å²) in [5.41, 5.74) is 5.75. The van der Waals surface area contributed by atoms with Crippen molar-refractivity contribution in [1.82, 2.24) is 5.32 Å². The lowest BCUT2D eigenvalue weighted by Gasteiger charge is -2.11. The summed E-state index contributed by atoms with van der Waals surface area (Å²) >= 11 is 1.70. The van der Waals surface area contributed by atoms with Gasteiger partial charge in [-0.15, -0.1) is 0 Å². The SMILES string of the molecule is CSCC[C@@H](N)C(=O)NCCCOc1ccccc1. The normalized spacial score (nSPS) is 11.9. The van der Waals surface area contributed by atoms with Gasteiger partial charge in [0.25, 0.3) is 0 Å². The first-order chi connectivity index (χ1) is 9.24. The predicted octanol–water partition coefficient (Wildman–Crippen LogP) is 1.65. The van der Waals surface area contributed by atoms with Crippen molar-refractivity contribution in [2.24, 2.45) is 5.73 Å². The quantitative estimate of drug-likeness (QED) is 0.676. The van der Waals surface area contributed by atoms with Crippen molar-refractivity contribution < 1.29 is 9.53 Å². The molecule has 0 unspecified atom stereocenters. The van der Waals surface area contributed by atoms with E-state index in [0.717, 1.165) is 17.9 Å². The van der Waals surface area contributed by atoms with Gasteiger partial charge >= 0.3 is 0 Å². The standard InChI is InChI=1S/C14H22N2O2S/c1-19-11-8-13(15)14(17)16-9-5-10-18-12-6-3-2-4-7-12/h2-4,6-7,13H,5,8-11,15H2,1H3,(H,16,17)/t13-/m1/s1. The number of carbonyl (C=O) groups is 1. The third kappa shape index (κ3) is 7.08. The molecule has 0 fully saturated rings. The van der Waals surface area contributed by atoms with Gasteiger partial charge in [0, 0.05) is 6.54 Å². The molecule has 1 aromatic carbocycles. The van der Waals surface area contributed by atoms with E-state index in [1.807, 2.05) is 36.6 Å². The molecule has 0 saturated heterocycles. The van der Waals surface area contributed by atoms with E-state index in [9.17, 15) is 4.79 Å². The summed E-state index contributed by atoms with van der Waals surface area (Å²) in [7, 11) is 0. The first kappa shape index (κ1) is 15.9. The largest absolute Gasteiger partial charge is 0.494 e. The molecule has 1 amide bonds. The highest BCUT2D eigenvalue weighted by molar-refractivity contribution is 7.98. The molecular formula is C14H22N2O2S. The molecule has 106 valence electrons. The number of para-hydroxylation sites is 1. The fraction of sp³-hybridized carbons (Fsp3) is 0.500. The lowest BCUT2D eigenvalue weighted by atomic mass is 10.2. The van der Waals surface area contributed by atoms with Crippen LogP contribution < -0.4 is 15.8 Å². The maximum absolute atomic E-state index is 11.6. The fourth-order valence-electron chi connectivity index (χ4n) is 1.50. The molecule has 0 aliphatic rings. The zero-order chi connectivity index (χ0) is 13.9. The van der Waals surface area contributed by atoms with Crippen molar-refractivity contribution in [3.8, 4) is 5.75 Å². The van der Waals surface area contributed by atoms with Gasteiger partial charge in [0.05, 0.1) is 12.6 Å². The average Bonchev–Trinajstić information content (AvgIpc) is 2.45. The Morgan fingerprint density at radius 2 is 2.16 bits per heavy atom. The molecule has 0 spiro atoms. The van der Waals surface area contributed by atoms with Crippen LogP contribution in [0.15, 0.2) is 30.3 Å². The first-order valence-corrected chi connectivity index (χ1v) is 7.83. The van der Waals surface area contributed by atoms with Gasteiger partial charge in [0.15, 0.2) is 0 Å². The Balaban J connectivity index is 2.05. The first-order valence-electron chi connectivity index (χ1n) is 6.44. The van der Waals surface area contributed by atoms with Crippen LogP contribution in [0.1, 0.15) is 12.8 Å². The predicted molar refractivity (Wildman–Crippen MR) is 80.5 cm³/mol. The number of rotatable bonds is 9. The summed E-state index contributed by atoms with van der Waals surface area (Å²) in [6, 6.07) is 9.24. The van der Waals surface area contributed by atoms with Gasteiger partial charge in [-0.05, 0) is 37.0 Å². The van der Waals surface area contributed by atoms with Crippen LogP contribution in [0.25, 0.3) is 0 Å². The highest BCUT2D eigenvalue weighted by Crippen LogP contribution is 2.08. The second kappa shape index (κ2) is 9.69. The molecular weight excluding hydrogens is 260 g/mol. The summed E-state index contributed by atoms with van der Waals surface area (Å²) in [6.07, 6.45) is 3.49. The van der Waals surface area contributed by atoms with E-state index in [-0.39, 0.29) is 5.91 Å². The third-order valence-electron chi connectivity index (χ3n) is 2.60. The number of hydrogen-bond donors (Lipinski definition) is 2. The zero-order valence-corrected chi connectivity index (χ0v) is 12.1. The number of thioether (sulfide) groups is 1. The van der Waals surface area contributed by atoms with E-state index in [0.29, 0.717) is 19.6 Å². The molecule has 0 aliphatic heterocycles. The molecule has 0 aliphatic carbocycles. The van der Waals surface area contributed by atoms with E-state index in [2.05, 4.69) is 5.32 Å². The number of ether oxygens (including phenoxy) is 1. The smallest absolute Gasteiger partial charge is 0.236 e. The van der Waals surface area contributed by atoms with Gasteiger partial charge < -0.3 is 15.8 Å². The number of benzene rings is 1. The molecule has 0 aromatic heterocycles. The second-order valence-corrected chi connectivity index (χ2v) is 5.18. The van der Waals surface area contributed by atoms with E-state index >= 15 is 0 Å². The molecule has 4 nitrogen and oxygen atoms in total.